The third-order valence-electron chi connectivity index (χ3n) is 4.73. The summed E-state index contributed by atoms with van der Waals surface area (Å²) in [4.78, 5) is 14.8. The van der Waals surface area contributed by atoms with Crippen molar-refractivity contribution in [3.05, 3.63) is 88.4 Å². The Bertz CT molecular complexity index is 1160. The van der Waals surface area contributed by atoms with Gasteiger partial charge in [0.1, 0.15) is 17.4 Å². The number of aromatic nitrogens is 2. The fourth-order valence-corrected chi connectivity index (χ4v) is 3.38. The van der Waals surface area contributed by atoms with Gasteiger partial charge in [0.05, 0.1) is 0 Å². The van der Waals surface area contributed by atoms with Crippen LogP contribution in [0.1, 0.15) is 32.9 Å². The van der Waals surface area contributed by atoms with Crippen LogP contribution in [-0.2, 0) is 19.3 Å². The molecule has 0 atom stereocenters. The van der Waals surface area contributed by atoms with Gasteiger partial charge >= 0.3 is 0 Å². The van der Waals surface area contributed by atoms with E-state index in [2.05, 4.69) is 10.1 Å². The smallest absolute Gasteiger partial charge is 0.271 e. The Balaban J connectivity index is 1.63. The molecule has 4 aromatic rings. The molecule has 3 N–H and O–H groups in total. The highest BCUT2D eigenvalue weighted by atomic mass is 19.1. The first-order valence-corrected chi connectivity index (χ1v) is 8.78. The predicted molar refractivity (Wildman–Crippen MR) is 99.9 cm³/mol. The van der Waals surface area contributed by atoms with Gasteiger partial charge in [-0.15, -0.1) is 0 Å². The zero-order chi connectivity index (χ0) is 19.7. The lowest BCUT2D eigenvalue weighted by Crippen LogP contribution is -2.14. The minimum absolute atomic E-state index is 0.0671. The van der Waals surface area contributed by atoms with Crippen molar-refractivity contribution in [2.75, 3.05) is 0 Å². The fraction of sp³-hybridized carbons (Fsp3) is 0.143. The van der Waals surface area contributed by atoms with Crippen molar-refractivity contribution >= 4 is 16.8 Å². The number of carbonyl (C=O) groups is 1. The third kappa shape index (κ3) is 3.51. The first kappa shape index (κ1) is 17.9. The Morgan fingerprint density at radius 3 is 2.71 bits per heavy atom. The minimum atomic E-state index is -0.686. The third-order valence-corrected chi connectivity index (χ3v) is 4.73. The number of H-pyrrole nitrogens is 1. The zero-order valence-electron chi connectivity index (χ0n) is 14.8. The summed E-state index contributed by atoms with van der Waals surface area (Å²) in [6.07, 6.45) is 3.06. The van der Waals surface area contributed by atoms with Gasteiger partial charge in [-0.1, -0.05) is 17.3 Å². The van der Waals surface area contributed by atoms with Crippen LogP contribution in [0.15, 0.2) is 53.2 Å². The average Bonchev–Trinajstić information content (AvgIpc) is 3.23. The number of aromatic amines is 1. The summed E-state index contributed by atoms with van der Waals surface area (Å²) in [5, 5.41) is 4.58. The fourth-order valence-electron chi connectivity index (χ4n) is 3.38. The average molecular weight is 381 g/mol. The molecule has 4 rings (SSSR count). The van der Waals surface area contributed by atoms with Crippen LogP contribution in [0, 0.1) is 11.6 Å². The maximum absolute atomic E-state index is 13.6. The van der Waals surface area contributed by atoms with Gasteiger partial charge < -0.3 is 15.2 Å². The number of halogens is 2. The van der Waals surface area contributed by atoms with Crippen molar-refractivity contribution < 1.29 is 18.1 Å². The number of rotatable bonds is 6. The second-order valence-electron chi connectivity index (χ2n) is 6.61. The maximum atomic E-state index is 13.6. The molecule has 0 saturated carbocycles. The Labute approximate surface area is 159 Å². The number of nitrogens with two attached hydrogens (primary N) is 1. The number of benzene rings is 2. The highest BCUT2D eigenvalue weighted by Gasteiger charge is 2.20. The number of nitrogens with zero attached hydrogens (tertiary/aromatic N) is 1. The number of nitrogens with one attached hydrogen (secondary N) is 1. The number of primary amides is 1. The summed E-state index contributed by atoms with van der Waals surface area (Å²) in [5.41, 5.74) is 8.51. The second-order valence-corrected chi connectivity index (χ2v) is 6.61. The number of hydrogen-bond acceptors (Lipinski definition) is 3. The van der Waals surface area contributed by atoms with Crippen LogP contribution in [0.2, 0.25) is 0 Å². The maximum Gasteiger partial charge on any atom is 0.271 e. The molecule has 0 aliphatic heterocycles. The van der Waals surface area contributed by atoms with Gasteiger partial charge in [0.2, 0.25) is 0 Å². The van der Waals surface area contributed by atoms with Crippen molar-refractivity contribution in [2.24, 2.45) is 5.73 Å². The summed E-state index contributed by atoms with van der Waals surface area (Å²) in [6.45, 7) is 0. The summed E-state index contributed by atoms with van der Waals surface area (Å²) in [7, 11) is 0. The molecule has 0 spiro atoms. The molecule has 0 saturated heterocycles. The lowest BCUT2D eigenvalue weighted by Gasteiger charge is -2.04. The topological polar surface area (TPSA) is 84.9 Å². The number of hydrogen-bond donors (Lipinski definition) is 2. The number of aryl methyl sites for hydroxylation is 1. The quantitative estimate of drug-likeness (QED) is 0.531. The van der Waals surface area contributed by atoms with E-state index >= 15 is 0 Å². The minimum Gasteiger partial charge on any atom is -0.364 e. The van der Waals surface area contributed by atoms with E-state index in [-0.39, 0.29) is 23.7 Å². The van der Waals surface area contributed by atoms with E-state index in [0.717, 1.165) is 16.5 Å². The van der Waals surface area contributed by atoms with Crippen LogP contribution in [0.3, 0.4) is 0 Å². The van der Waals surface area contributed by atoms with Gasteiger partial charge in [0.25, 0.3) is 5.91 Å². The summed E-state index contributed by atoms with van der Waals surface area (Å²) in [6, 6.07) is 10.7. The largest absolute Gasteiger partial charge is 0.364 e. The molecule has 5 nitrogen and oxygen atoms in total. The SMILES string of the molecule is NC(=O)c1noc(Cc2cccc(F)c2)c1CCc1c[nH]c2ccc(F)cc12. The lowest BCUT2D eigenvalue weighted by molar-refractivity contribution is 0.0991. The van der Waals surface area contributed by atoms with Crippen molar-refractivity contribution in [3.63, 3.8) is 0 Å². The van der Waals surface area contributed by atoms with Gasteiger partial charge in [-0.3, -0.25) is 4.79 Å². The van der Waals surface area contributed by atoms with Crippen molar-refractivity contribution in [1.29, 1.82) is 0 Å². The van der Waals surface area contributed by atoms with Gasteiger partial charge in [0, 0.05) is 29.1 Å². The first-order valence-electron chi connectivity index (χ1n) is 8.78. The molecule has 0 aliphatic carbocycles. The van der Waals surface area contributed by atoms with E-state index in [1.54, 1.807) is 18.2 Å². The number of carbonyl (C=O) groups excluding carboxylic acids is 1. The highest BCUT2D eigenvalue weighted by molar-refractivity contribution is 5.92. The van der Waals surface area contributed by atoms with Crippen molar-refractivity contribution in [3.8, 4) is 0 Å². The number of fused-ring (bicyclic) bond motifs is 1. The Morgan fingerprint density at radius 2 is 1.93 bits per heavy atom. The van der Waals surface area contributed by atoms with E-state index in [1.807, 2.05) is 6.20 Å². The molecule has 7 heteroatoms. The molecule has 142 valence electrons. The monoisotopic (exact) mass is 381 g/mol. The van der Waals surface area contributed by atoms with Crippen molar-refractivity contribution in [2.45, 2.75) is 19.3 Å². The summed E-state index contributed by atoms with van der Waals surface area (Å²) < 4.78 is 32.4. The second kappa shape index (κ2) is 7.26. The van der Waals surface area contributed by atoms with Crippen LogP contribution in [0.25, 0.3) is 10.9 Å². The summed E-state index contributed by atoms with van der Waals surface area (Å²) >= 11 is 0. The van der Waals surface area contributed by atoms with Crippen molar-refractivity contribution in [1.82, 2.24) is 10.1 Å². The van der Waals surface area contributed by atoms with Crippen LogP contribution >= 0.6 is 0 Å². The Morgan fingerprint density at radius 1 is 1.11 bits per heavy atom. The molecule has 0 aliphatic rings. The molecule has 2 aromatic carbocycles. The van der Waals surface area contributed by atoms with Gasteiger partial charge in [-0.2, -0.15) is 0 Å². The standard InChI is InChI=1S/C21H17F2N3O2/c22-14-3-1-2-12(8-14)9-19-16(20(21(24)27)26-28-19)6-4-13-11-25-18-7-5-15(23)10-17(13)18/h1-3,5,7-8,10-11,25H,4,6,9H2,(H2,24,27). The zero-order valence-corrected chi connectivity index (χ0v) is 14.8. The molecule has 2 heterocycles. The number of amides is 1. The lowest BCUT2D eigenvalue weighted by atomic mass is 9.99. The van der Waals surface area contributed by atoms with E-state index in [4.69, 9.17) is 10.3 Å². The Kier molecular flexibility index (Phi) is 4.65. The molecule has 0 radical (unpaired) electrons. The van der Waals surface area contributed by atoms with E-state index < -0.39 is 5.91 Å². The molecule has 1 amide bonds. The molecular weight excluding hydrogens is 364 g/mol. The van der Waals surface area contributed by atoms with E-state index in [1.165, 1.54) is 24.3 Å². The summed E-state index contributed by atoms with van der Waals surface area (Å²) in [5.74, 6) is -0.892. The Hall–Kier alpha value is -3.48. The normalized spacial score (nSPS) is 11.2. The van der Waals surface area contributed by atoms with Gasteiger partial charge in [-0.05, 0) is 54.3 Å². The highest BCUT2D eigenvalue weighted by Crippen LogP contribution is 2.24. The van der Waals surface area contributed by atoms with Crippen LogP contribution in [0.5, 0.6) is 0 Å². The molecular formula is C21H17F2N3O2. The molecule has 0 fully saturated rings. The predicted octanol–water partition coefficient (Wildman–Crippen LogP) is 3.91. The van der Waals surface area contributed by atoms with Crippen LogP contribution in [0.4, 0.5) is 8.78 Å². The van der Waals surface area contributed by atoms with E-state index in [0.29, 0.717) is 29.7 Å². The molecule has 0 bridgehead atoms. The molecule has 2 aromatic heterocycles. The van der Waals surface area contributed by atoms with Gasteiger partial charge in [0.15, 0.2) is 5.69 Å². The van der Waals surface area contributed by atoms with Gasteiger partial charge in [-0.25, -0.2) is 8.78 Å². The molecule has 0 unspecified atom stereocenters. The first-order chi connectivity index (χ1) is 13.5. The van der Waals surface area contributed by atoms with Crippen LogP contribution in [-0.4, -0.2) is 16.0 Å². The van der Waals surface area contributed by atoms with Crippen LogP contribution < -0.4 is 5.73 Å². The molecule has 28 heavy (non-hydrogen) atoms. The van der Waals surface area contributed by atoms with E-state index in [9.17, 15) is 13.6 Å².